The number of urea groups is 1. The Balaban J connectivity index is 1.55. The van der Waals surface area contributed by atoms with Gasteiger partial charge < -0.3 is 15.1 Å². The highest BCUT2D eigenvalue weighted by Crippen LogP contribution is 2.48. The molecule has 0 radical (unpaired) electrons. The Hall–Kier alpha value is -3.64. The summed E-state index contributed by atoms with van der Waals surface area (Å²) in [6, 6.07) is 4.54. The lowest BCUT2D eigenvalue weighted by Crippen LogP contribution is -2.47. The molecule has 1 N–H and O–H groups in total. The summed E-state index contributed by atoms with van der Waals surface area (Å²) in [6.45, 7) is 2.11. The molecule has 1 spiro atoms. The number of benzene rings is 1. The summed E-state index contributed by atoms with van der Waals surface area (Å²) in [7, 11) is 0. The summed E-state index contributed by atoms with van der Waals surface area (Å²) < 4.78 is 41.6. The fourth-order valence-corrected chi connectivity index (χ4v) is 6.25. The number of aliphatic imine (C=N–C) groups is 1. The molecule has 3 aliphatic heterocycles. The lowest BCUT2D eigenvalue weighted by molar-refractivity contribution is 0.0564. The van der Waals surface area contributed by atoms with Crippen LogP contribution in [0.1, 0.15) is 35.3 Å². The van der Waals surface area contributed by atoms with Crippen LogP contribution in [0.5, 0.6) is 0 Å². The van der Waals surface area contributed by atoms with Crippen LogP contribution >= 0.6 is 22.9 Å². The van der Waals surface area contributed by atoms with Gasteiger partial charge in [-0.15, -0.1) is 17.9 Å². The van der Waals surface area contributed by atoms with Crippen molar-refractivity contribution in [2.45, 2.75) is 24.6 Å². The molecule has 5 heterocycles. The van der Waals surface area contributed by atoms with Crippen molar-refractivity contribution < 1.29 is 18.0 Å². The lowest BCUT2D eigenvalue weighted by Gasteiger charge is -2.32. The first kappa shape index (κ1) is 24.7. The van der Waals surface area contributed by atoms with Crippen LogP contribution in [-0.4, -0.2) is 61.6 Å². The summed E-state index contributed by atoms with van der Waals surface area (Å²) in [5.41, 5.74) is 1.45. The summed E-state index contributed by atoms with van der Waals surface area (Å²) in [5, 5.41) is 9.90. The van der Waals surface area contributed by atoms with Gasteiger partial charge in [0.15, 0.2) is 10.8 Å². The molecular weight excluding hydrogens is 539 g/mol. The molecule has 8 nitrogen and oxygen atoms in total. The quantitative estimate of drug-likeness (QED) is 0.427. The highest BCUT2D eigenvalue weighted by molar-refractivity contribution is 7.11. The van der Waals surface area contributed by atoms with E-state index < -0.39 is 23.9 Å². The molecule has 2 saturated heterocycles. The molecular formula is C25H21ClF3N7OS. The first-order valence-electron chi connectivity index (χ1n) is 11.7. The van der Waals surface area contributed by atoms with E-state index in [9.17, 15) is 18.0 Å². The van der Waals surface area contributed by atoms with Crippen LogP contribution in [0.3, 0.4) is 0 Å². The molecule has 2 fully saturated rings. The molecule has 3 aliphatic rings. The Bertz CT molecular complexity index is 1490. The van der Waals surface area contributed by atoms with Crippen LogP contribution in [0.25, 0.3) is 5.57 Å². The largest absolute Gasteiger partial charge is 0.333 e. The Morgan fingerprint density at radius 2 is 2.16 bits per heavy atom. The van der Waals surface area contributed by atoms with Gasteiger partial charge in [0.2, 0.25) is 0 Å². The molecule has 2 aromatic heterocycles. The first-order chi connectivity index (χ1) is 18.3. The highest BCUT2D eigenvalue weighted by atomic mass is 35.5. The molecule has 13 heteroatoms. The number of fused-ring (bicyclic) bond motifs is 1. The zero-order valence-electron chi connectivity index (χ0n) is 19.8. The molecule has 3 aromatic rings. The second-order valence-corrected chi connectivity index (χ2v) is 10.6. The van der Waals surface area contributed by atoms with Crippen molar-refractivity contribution in [1.29, 1.82) is 0 Å². The summed E-state index contributed by atoms with van der Waals surface area (Å²) in [4.78, 5) is 25.9. The van der Waals surface area contributed by atoms with E-state index in [0.717, 1.165) is 5.70 Å². The zero-order valence-corrected chi connectivity index (χ0v) is 21.4. The lowest BCUT2D eigenvalue weighted by atomic mass is 9.90. The Morgan fingerprint density at radius 3 is 2.84 bits per heavy atom. The number of hydrogen-bond donors (Lipinski definition) is 1. The monoisotopic (exact) mass is 559 g/mol. The molecule has 0 saturated carbocycles. The minimum absolute atomic E-state index is 0.149. The van der Waals surface area contributed by atoms with Gasteiger partial charge in [0.05, 0.1) is 11.2 Å². The van der Waals surface area contributed by atoms with Gasteiger partial charge in [-0.1, -0.05) is 23.7 Å². The second kappa shape index (κ2) is 9.28. The number of alkyl halides is 2. The molecule has 2 amide bonds. The van der Waals surface area contributed by atoms with Gasteiger partial charge >= 0.3 is 12.6 Å². The maximum absolute atomic E-state index is 14.0. The average molecular weight is 560 g/mol. The van der Waals surface area contributed by atoms with Crippen LogP contribution in [0, 0.1) is 5.82 Å². The summed E-state index contributed by atoms with van der Waals surface area (Å²) in [6.07, 6.45) is 4.93. The van der Waals surface area contributed by atoms with Gasteiger partial charge in [-0.2, -0.15) is 13.9 Å². The van der Waals surface area contributed by atoms with Crippen molar-refractivity contribution in [3.05, 3.63) is 87.5 Å². The number of nitrogens with one attached hydrogen (secondary N) is 1. The van der Waals surface area contributed by atoms with E-state index in [2.05, 4.69) is 22.0 Å². The van der Waals surface area contributed by atoms with E-state index >= 15 is 0 Å². The standard InChI is InChI=1S/C25H21ClF3N7OS/c1-2-7-34-12-25(32-24(34)37)11-18-19(17-5-8-36(33-17)23(28)29)20(15-4-3-14(27)10-16(15)26)31-21(35(18)13-25)22-30-6-9-38-22/h2-6,8-10,20,23H,1,7,11-13H2,(H,32,37)/t20-,25-/m0/s1. The third-order valence-corrected chi connectivity index (χ3v) is 7.95. The first-order valence-corrected chi connectivity index (χ1v) is 13.0. The average Bonchev–Trinajstić information content (AvgIpc) is 3.66. The van der Waals surface area contributed by atoms with Crippen LogP contribution in [-0.2, 0) is 0 Å². The van der Waals surface area contributed by atoms with Gasteiger partial charge in [-0.3, -0.25) is 4.99 Å². The highest BCUT2D eigenvalue weighted by Gasteiger charge is 2.52. The number of amidine groups is 1. The molecule has 1 aromatic carbocycles. The zero-order chi connectivity index (χ0) is 26.6. The second-order valence-electron chi connectivity index (χ2n) is 9.32. The van der Waals surface area contributed by atoms with Gasteiger partial charge in [0, 0.05) is 65.7 Å². The summed E-state index contributed by atoms with van der Waals surface area (Å²) >= 11 is 7.90. The smallest absolute Gasteiger partial charge is 0.329 e. The third kappa shape index (κ3) is 4.08. The molecule has 0 aliphatic carbocycles. The topological polar surface area (TPSA) is 78.7 Å². The molecule has 0 bridgehead atoms. The Kier molecular flexibility index (Phi) is 6.03. The maximum atomic E-state index is 14.0. The predicted octanol–water partition coefficient (Wildman–Crippen LogP) is 5.10. The van der Waals surface area contributed by atoms with Crippen molar-refractivity contribution in [3.8, 4) is 0 Å². The van der Waals surface area contributed by atoms with Crippen molar-refractivity contribution in [2.24, 2.45) is 4.99 Å². The molecule has 38 heavy (non-hydrogen) atoms. The van der Waals surface area contributed by atoms with Crippen LogP contribution in [0.2, 0.25) is 5.02 Å². The fourth-order valence-electron chi connectivity index (χ4n) is 5.33. The minimum Gasteiger partial charge on any atom is -0.329 e. The molecule has 6 rings (SSSR count). The van der Waals surface area contributed by atoms with Gasteiger partial charge in [-0.05, 0) is 18.2 Å². The summed E-state index contributed by atoms with van der Waals surface area (Å²) in [5.74, 6) is 0.0537. The van der Waals surface area contributed by atoms with Crippen LogP contribution in [0.15, 0.2) is 65.4 Å². The van der Waals surface area contributed by atoms with Crippen molar-refractivity contribution in [1.82, 2.24) is 29.9 Å². The fraction of sp³-hybridized carbons (Fsp3) is 0.280. The number of aromatic nitrogens is 3. The van der Waals surface area contributed by atoms with E-state index in [1.165, 1.54) is 35.7 Å². The third-order valence-electron chi connectivity index (χ3n) is 6.85. The number of hydrogen-bond acceptors (Lipinski definition) is 6. The normalized spacial score (nSPS) is 22.9. The van der Waals surface area contributed by atoms with E-state index in [0.29, 0.717) is 58.4 Å². The van der Waals surface area contributed by atoms with E-state index in [-0.39, 0.29) is 11.1 Å². The van der Waals surface area contributed by atoms with Crippen molar-refractivity contribution in [3.63, 3.8) is 0 Å². The number of amides is 2. The SMILES string of the molecule is C=CCN1C[C@]2(CC3=C(c4ccn(C(F)F)n4)[C@H](c4ccc(F)cc4Cl)N=C(c4nccs4)N3C2)NC1=O. The van der Waals surface area contributed by atoms with Gasteiger partial charge in [-0.25, -0.2) is 18.9 Å². The van der Waals surface area contributed by atoms with Crippen molar-refractivity contribution >= 4 is 40.4 Å². The van der Waals surface area contributed by atoms with E-state index in [1.54, 1.807) is 23.2 Å². The van der Waals surface area contributed by atoms with E-state index in [1.807, 2.05) is 10.3 Å². The molecule has 2 atom stereocenters. The molecule has 0 unspecified atom stereocenters. The van der Waals surface area contributed by atoms with Crippen molar-refractivity contribution in [2.75, 3.05) is 19.6 Å². The maximum Gasteiger partial charge on any atom is 0.333 e. The van der Waals surface area contributed by atoms with Gasteiger partial charge in [0.25, 0.3) is 0 Å². The van der Waals surface area contributed by atoms with Crippen LogP contribution < -0.4 is 5.32 Å². The number of carbonyl (C=O) groups excluding carboxylic acids is 1. The predicted molar refractivity (Wildman–Crippen MR) is 138 cm³/mol. The number of carbonyl (C=O) groups is 1. The Labute approximate surface area is 224 Å². The molecule has 196 valence electrons. The number of nitrogens with zero attached hydrogens (tertiary/aromatic N) is 6. The number of thiazole rings is 1. The minimum atomic E-state index is -2.83. The number of rotatable bonds is 6. The van der Waals surface area contributed by atoms with E-state index in [4.69, 9.17) is 16.6 Å². The van der Waals surface area contributed by atoms with Crippen LogP contribution in [0.4, 0.5) is 18.0 Å². The number of halogens is 4. The Morgan fingerprint density at radius 1 is 1.32 bits per heavy atom. The van der Waals surface area contributed by atoms with Gasteiger partial charge in [0.1, 0.15) is 11.9 Å².